The molecule has 0 aliphatic carbocycles. The van der Waals surface area contributed by atoms with Gasteiger partial charge in [-0.15, -0.1) is 0 Å². The standard InChI is InChI=1S/C47H95O9P/c1-3-5-7-9-11-13-15-17-19-20-21-22-23-24-25-26-27-29-31-33-35-37-39-47(50)56-46(44-55-57(51,52)54-42-45(49)41-48)43-53-40-38-36-34-32-30-28-18-16-14-12-10-8-6-4-2/h45-46,48-49H,3-44H2,1-2H3,(H,51,52)/t45-,46+/m0/s1. The molecule has 1 unspecified atom stereocenters. The second-order valence-corrected chi connectivity index (χ2v) is 18.3. The van der Waals surface area contributed by atoms with Crippen LogP contribution >= 0.6 is 7.82 Å². The van der Waals surface area contributed by atoms with E-state index in [9.17, 15) is 19.4 Å². The molecule has 3 atom stereocenters. The summed E-state index contributed by atoms with van der Waals surface area (Å²) in [6, 6.07) is 0. The van der Waals surface area contributed by atoms with Crippen molar-refractivity contribution < 1.29 is 43.0 Å². The van der Waals surface area contributed by atoms with Gasteiger partial charge in [0.1, 0.15) is 12.2 Å². The predicted octanol–water partition coefficient (Wildman–Crippen LogP) is 13.9. The molecule has 57 heavy (non-hydrogen) atoms. The summed E-state index contributed by atoms with van der Waals surface area (Å²) >= 11 is 0. The van der Waals surface area contributed by atoms with Crippen LogP contribution in [0.5, 0.6) is 0 Å². The zero-order valence-electron chi connectivity index (χ0n) is 37.6. The van der Waals surface area contributed by atoms with Crippen LogP contribution in [-0.2, 0) is 27.9 Å². The molecule has 3 N–H and O–H groups in total. The second kappa shape index (κ2) is 45.0. The molecule has 0 amide bonds. The SMILES string of the molecule is CCCCCCCCCCCCCCCCCCCCCCCCC(=O)O[C@H](COCCCCCCCCCCCCCCCC)COP(=O)(O)OC[C@@H](O)CO. The average molecular weight is 835 g/mol. The molecular formula is C47H95O9P. The number of carbonyl (C=O) groups is 1. The molecule has 10 heteroatoms. The molecule has 0 saturated carbocycles. The van der Waals surface area contributed by atoms with Gasteiger partial charge in [-0.3, -0.25) is 13.8 Å². The van der Waals surface area contributed by atoms with Crippen molar-refractivity contribution in [1.29, 1.82) is 0 Å². The number of phosphoric acid groups is 1. The summed E-state index contributed by atoms with van der Waals surface area (Å²) in [5, 5.41) is 18.4. The number of aliphatic hydroxyl groups is 2. The number of unbranched alkanes of at least 4 members (excludes halogenated alkanes) is 34. The third-order valence-corrected chi connectivity index (χ3v) is 12.0. The fourth-order valence-electron chi connectivity index (χ4n) is 7.30. The van der Waals surface area contributed by atoms with E-state index in [1.54, 1.807) is 0 Å². The number of hydrogen-bond acceptors (Lipinski definition) is 8. The van der Waals surface area contributed by atoms with Crippen LogP contribution in [-0.4, -0.2) is 66.3 Å². The van der Waals surface area contributed by atoms with Gasteiger partial charge in [-0.25, -0.2) is 4.57 Å². The van der Waals surface area contributed by atoms with E-state index < -0.39 is 33.2 Å². The number of hydrogen-bond donors (Lipinski definition) is 3. The second-order valence-electron chi connectivity index (χ2n) is 16.9. The Bertz CT molecular complexity index is 861. The Balaban J connectivity index is 4.01. The largest absolute Gasteiger partial charge is 0.472 e. The average Bonchev–Trinajstić information content (AvgIpc) is 3.20. The molecule has 0 aromatic rings. The first-order valence-corrected chi connectivity index (χ1v) is 26.0. The van der Waals surface area contributed by atoms with E-state index in [-0.39, 0.29) is 25.6 Å². The number of phosphoric ester groups is 1. The van der Waals surface area contributed by atoms with Crippen molar-refractivity contribution in [3.05, 3.63) is 0 Å². The first-order chi connectivity index (χ1) is 27.8. The maximum absolute atomic E-state index is 12.7. The molecule has 0 aromatic heterocycles. The molecule has 342 valence electrons. The van der Waals surface area contributed by atoms with Crippen LogP contribution < -0.4 is 0 Å². The monoisotopic (exact) mass is 835 g/mol. The van der Waals surface area contributed by atoms with Gasteiger partial charge < -0.3 is 24.6 Å². The molecule has 0 aromatic carbocycles. The van der Waals surface area contributed by atoms with Gasteiger partial charge in [0.05, 0.1) is 26.4 Å². The van der Waals surface area contributed by atoms with Crippen LogP contribution in [0.2, 0.25) is 0 Å². The lowest BCUT2D eigenvalue weighted by Crippen LogP contribution is -2.29. The van der Waals surface area contributed by atoms with E-state index in [0.717, 1.165) is 32.1 Å². The highest BCUT2D eigenvalue weighted by Gasteiger charge is 2.26. The van der Waals surface area contributed by atoms with Gasteiger partial charge >= 0.3 is 13.8 Å². The Morgan fingerprint density at radius 2 is 0.789 bits per heavy atom. The van der Waals surface area contributed by atoms with E-state index in [0.29, 0.717) is 6.61 Å². The van der Waals surface area contributed by atoms with Crippen molar-refractivity contribution in [3.63, 3.8) is 0 Å². The lowest BCUT2D eigenvalue weighted by atomic mass is 10.0. The molecule has 0 spiro atoms. The molecular weight excluding hydrogens is 739 g/mol. The lowest BCUT2D eigenvalue weighted by Gasteiger charge is -2.20. The molecule has 0 fully saturated rings. The van der Waals surface area contributed by atoms with E-state index in [4.69, 9.17) is 23.6 Å². The van der Waals surface area contributed by atoms with Crippen LogP contribution in [0.3, 0.4) is 0 Å². The normalized spacial score (nSPS) is 13.8. The van der Waals surface area contributed by atoms with Crippen LogP contribution in [0.1, 0.15) is 251 Å². The van der Waals surface area contributed by atoms with Crippen molar-refractivity contribution in [3.8, 4) is 0 Å². The molecule has 0 aliphatic heterocycles. The molecule has 0 aliphatic rings. The highest BCUT2D eigenvalue weighted by Crippen LogP contribution is 2.43. The number of aliphatic hydroxyl groups excluding tert-OH is 2. The molecule has 0 rings (SSSR count). The van der Waals surface area contributed by atoms with Crippen molar-refractivity contribution in [2.45, 2.75) is 264 Å². The highest BCUT2D eigenvalue weighted by atomic mass is 31.2. The Kier molecular flexibility index (Phi) is 44.6. The summed E-state index contributed by atoms with van der Waals surface area (Å²) in [5.74, 6) is -0.374. The topological polar surface area (TPSA) is 132 Å². The summed E-state index contributed by atoms with van der Waals surface area (Å²) in [6.45, 7) is 3.59. The van der Waals surface area contributed by atoms with Crippen molar-refractivity contribution >= 4 is 13.8 Å². The first kappa shape index (κ1) is 56.5. The van der Waals surface area contributed by atoms with Gasteiger partial charge in [0.2, 0.25) is 0 Å². The van der Waals surface area contributed by atoms with Gasteiger partial charge in [-0.1, -0.05) is 232 Å². The smallest absolute Gasteiger partial charge is 0.457 e. The summed E-state index contributed by atoms with van der Waals surface area (Å²) in [6.07, 6.45) is 45.0. The van der Waals surface area contributed by atoms with E-state index >= 15 is 0 Å². The minimum Gasteiger partial charge on any atom is -0.457 e. The quantitative estimate of drug-likeness (QED) is 0.0311. The lowest BCUT2D eigenvalue weighted by molar-refractivity contribution is -0.154. The minimum absolute atomic E-state index is 0.0583. The molecule has 9 nitrogen and oxygen atoms in total. The van der Waals surface area contributed by atoms with Crippen molar-refractivity contribution in [2.75, 3.05) is 33.0 Å². The minimum atomic E-state index is -4.51. The maximum Gasteiger partial charge on any atom is 0.472 e. The number of esters is 1. The van der Waals surface area contributed by atoms with Crippen LogP contribution in [0, 0.1) is 0 Å². The molecule has 0 radical (unpaired) electrons. The van der Waals surface area contributed by atoms with Crippen LogP contribution in [0.25, 0.3) is 0 Å². The molecule has 0 saturated heterocycles. The van der Waals surface area contributed by atoms with Gasteiger partial charge in [-0.05, 0) is 12.8 Å². The summed E-state index contributed by atoms with van der Waals surface area (Å²) in [5.41, 5.74) is 0. The van der Waals surface area contributed by atoms with Gasteiger partial charge in [0.15, 0.2) is 0 Å². The van der Waals surface area contributed by atoms with Gasteiger partial charge in [-0.2, -0.15) is 0 Å². The third kappa shape index (κ3) is 44.8. The Hall–Kier alpha value is -0.540. The summed E-state index contributed by atoms with van der Waals surface area (Å²) in [4.78, 5) is 22.6. The Morgan fingerprint density at radius 1 is 0.474 bits per heavy atom. The van der Waals surface area contributed by atoms with Gasteiger partial charge in [0, 0.05) is 13.0 Å². The maximum atomic E-state index is 12.7. The predicted molar refractivity (Wildman–Crippen MR) is 238 cm³/mol. The molecule has 0 heterocycles. The summed E-state index contributed by atoms with van der Waals surface area (Å²) in [7, 11) is -4.51. The van der Waals surface area contributed by atoms with E-state index in [2.05, 4.69) is 13.8 Å². The first-order valence-electron chi connectivity index (χ1n) is 24.5. The summed E-state index contributed by atoms with van der Waals surface area (Å²) < 4.78 is 33.5. The Labute approximate surface area is 352 Å². The van der Waals surface area contributed by atoms with E-state index in [1.807, 2.05) is 0 Å². The Morgan fingerprint density at radius 3 is 1.14 bits per heavy atom. The zero-order valence-corrected chi connectivity index (χ0v) is 38.5. The number of rotatable bonds is 48. The van der Waals surface area contributed by atoms with E-state index in [1.165, 1.54) is 199 Å². The van der Waals surface area contributed by atoms with Gasteiger partial charge in [0.25, 0.3) is 0 Å². The zero-order chi connectivity index (χ0) is 41.8. The van der Waals surface area contributed by atoms with Crippen LogP contribution in [0.4, 0.5) is 0 Å². The third-order valence-electron chi connectivity index (χ3n) is 11.0. The highest BCUT2D eigenvalue weighted by molar-refractivity contribution is 7.47. The fourth-order valence-corrected chi connectivity index (χ4v) is 8.09. The fraction of sp³-hybridized carbons (Fsp3) is 0.979. The number of ether oxygens (including phenoxy) is 2. The molecule has 0 bridgehead atoms. The van der Waals surface area contributed by atoms with Crippen molar-refractivity contribution in [2.24, 2.45) is 0 Å². The van der Waals surface area contributed by atoms with Crippen LogP contribution in [0.15, 0.2) is 0 Å². The number of carbonyl (C=O) groups excluding carboxylic acids is 1. The van der Waals surface area contributed by atoms with Crippen molar-refractivity contribution in [1.82, 2.24) is 0 Å².